The van der Waals surface area contributed by atoms with Crippen LogP contribution in [0.3, 0.4) is 0 Å². The van der Waals surface area contributed by atoms with Gasteiger partial charge in [0.2, 0.25) is 5.82 Å². The zero-order chi connectivity index (χ0) is 25.2. The van der Waals surface area contributed by atoms with Crippen molar-refractivity contribution < 1.29 is 18.4 Å². The van der Waals surface area contributed by atoms with Crippen molar-refractivity contribution in [1.82, 2.24) is 15.5 Å². The predicted molar refractivity (Wildman–Crippen MR) is 135 cm³/mol. The van der Waals surface area contributed by atoms with Gasteiger partial charge in [-0.15, -0.1) is 0 Å². The average Bonchev–Trinajstić information content (AvgIpc) is 3.38. The zero-order valence-electron chi connectivity index (χ0n) is 20.2. The molecule has 1 N–H and O–H groups in total. The number of benzene rings is 3. The van der Waals surface area contributed by atoms with E-state index in [1.165, 1.54) is 22.6 Å². The van der Waals surface area contributed by atoms with E-state index in [0.29, 0.717) is 34.1 Å². The molecular weight excluding hydrogens is 459 g/mol. The molecule has 182 valence electrons. The van der Waals surface area contributed by atoms with Crippen LogP contribution >= 0.6 is 0 Å². The minimum Gasteiger partial charge on any atom is -0.497 e. The lowest BCUT2D eigenvalue weighted by atomic mass is 9.94. The van der Waals surface area contributed by atoms with E-state index in [4.69, 9.17) is 9.26 Å². The number of nitrogens with zero attached hydrogens (tertiary/aromatic N) is 3. The summed E-state index contributed by atoms with van der Waals surface area (Å²) >= 11 is 0. The first kappa shape index (κ1) is 23.3. The number of carbonyl (C=O) groups excluding carboxylic acids is 1. The van der Waals surface area contributed by atoms with Crippen molar-refractivity contribution in [3.8, 4) is 17.1 Å². The Kier molecular flexibility index (Phi) is 6.25. The Bertz CT molecular complexity index is 1430. The van der Waals surface area contributed by atoms with E-state index in [2.05, 4.69) is 22.4 Å². The van der Waals surface area contributed by atoms with Crippen molar-refractivity contribution in [2.45, 2.75) is 26.3 Å². The van der Waals surface area contributed by atoms with Crippen molar-refractivity contribution >= 4 is 17.3 Å². The maximum atomic E-state index is 14.1. The van der Waals surface area contributed by atoms with Gasteiger partial charge in [0.15, 0.2) is 0 Å². The Hall–Kier alpha value is -4.46. The standard InChI is InChI=1S/C28H25FN4O3/c1-4-18-8-10-19(11-9-18)26-31-27(36-32-26)24-17(2)33(22-12-14-23(35-3)15-13-22)28(34)30-25(24)20-6-5-7-21(29)16-20/h5-16,25H,4H2,1-3H3,(H,30,34). The van der Waals surface area contributed by atoms with Gasteiger partial charge in [0.25, 0.3) is 5.89 Å². The fourth-order valence-electron chi connectivity index (χ4n) is 4.34. The molecule has 0 saturated heterocycles. The van der Waals surface area contributed by atoms with Gasteiger partial charge in [-0.1, -0.05) is 48.5 Å². The molecule has 0 radical (unpaired) electrons. The summed E-state index contributed by atoms with van der Waals surface area (Å²) in [5.74, 6) is 0.943. The Balaban J connectivity index is 1.62. The molecule has 0 spiro atoms. The molecule has 8 heteroatoms. The summed E-state index contributed by atoms with van der Waals surface area (Å²) in [5.41, 5.74) is 4.40. The summed E-state index contributed by atoms with van der Waals surface area (Å²) < 4.78 is 25.1. The topological polar surface area (TPSA) is 80.5 Å². The molecule has 1 aliphatic rings. The van der Waals surface area contributed by atoms with E-state index >= 15 is 0 Å². The normalized spacial score (nSPS) is 15.7. The molecule has 2 heterocycles. The molecule has 1 atom stereocenters. The van der Waals surface area contributed by atoms with Crippen LogP contribution in [0.1, 0.15) is 36.9 Å². The van der Waals surface area contributed by atoms with E-state index in [1.807, 2.05) is 31.2 Å². The number of amides is 2. The quantitative estimate of drug-likeness (QED) is 0.355. The highest BCUT2D eigenvalue weighted by Crippen LogP contribution is 2.39. The first-order valence-corrected chi connectivity index (χ1v) is 11.6. The fraction of sp³-hybridized carbons (Fsp3) is 0.179. The SMILES string of the molecule is CCc1ccc(-c2noc(C3=C(C)N(c4ccc(OC)cc4)C(=O)NC3c3cccc(F)c3)n2)cc1. The Morgan fingerprint density at radius 2 is 1.83 bits per heavy atom. The maximum Gasteiger partial charge on any atom is 0.326 e. The van der Waals surface area contributed by atoms with E-state index in [-0.39, 0.29) is 11.9 Å². The smallest absolute Gasteiger partial charge is 0.326 e. The summed E-state index contributed by atoms with van der Waals surface area (Å²) in [4.78, 5) is 19.5. The summed E-state index contributed by atoms with van der Waals surface area (Å²) in [5, 5.41) is 7.18. The molecule has 0 fully saturated rings. The van der Waals surface area contributed by atoms with Crippen LogP contribution in [0, 0.1) is 5.82 Å². The van der Waals surface area contributed by atoms with E-state index < -0.39 is 11.9 Å². The van der Waals surface area contributed by atoms with Crippen LogP contribution in [0.15, 0.2) is 83.0 Å². The van der Waals surface area contributed by atoms with Gasteiger partial charge >= 0.3 is 6.03 Å². The van der Waals surface area contributed by atoms with Gasteiger partial charge in [-0.25, -0.2) is 9.18 Å². The number of nitrogens with one attached hydrogen (secondary N) is 1. The Morgan fingerprint density at radius 1 is 1.08 bits per heavy atom. The third-order valence-electron chi connectivity index (χ3n) is 6.27. The number of hydrogen-bond acceptors (Lipinski definition) is 5. The van der Waals surface area contributed by atoms with Gasteiger partial charge in [-0.3, -0.25) is 4.90 Å². The van der Waals surface area contributed by atoms with E-state index in [9.17, 15) is 9.18 Å². The lowest BCUT2D eigenvalue weighted by molar-refractivity contribution is 0.244. The van der Waals surface area contributed by atoms with Crippen LogP contribution in [0.2, 0.25) is 0 Å². The minimum absolute atomic E-state index is 0.245. The number of halogens is 1. The molecule has 7 nitrogen and oxygen atoms in total. The van der Waals surface area contributed by atoms with Gasteiger partial charge in [0.1, 0.15) is 11.6 Å². The molecule has 2 amide bonds. The molecule has 0 saturated carbocycles. The van der Waals surface area contributed by atoms with Crippen LogP contribution in [0.25, 0.3) is 17.0 Å². The maximum absolute atomic E-state index is 14.1. The summed E-state index contributed by atoms with van der Waals surface area (Å²) in [6.07, 6.45) is 0.931. The first-order valence-electron chi connectivity index (χ1n) is 11.6. The third-order valence-corrected chi connectivity index (χ3v) is 6.27. The minimum atomic E-state index is -0.682. The highest BCUT2D eigenvalue weighted by atomic mass is 19.1. The second-order valence-electron chi connectivity index (χ2n) is 8.44. The monoisotopic (exact) mass is 484 g/mol. The number of urea groups is 1. The highest BCUT2D eigenvalue weighted by Gasteiger charge is 2.36. The van der Waals surface area contributed by atoms with Crippen molar-refractivity contribution in [3.63, 3.8) is 0 Å². The number of aryl methyl sites for hydroxylation is 1. The summed E-state index contributed by atoms with van der Waals surface area (Å²) in [6, 6.07) is 20.2. The van der Waals surface area contributed by atoms with Crippen LogP contribution < -0.4 is 15.0 Å². The molecule has 36 heavy (non-hydrogen) atoms. The number of allylic oxidation sites excluding steroid dienone is 1. The number of anilines is 1. The number of hydrogen-bond donors (Lipinski definition) is 1. The predicted octanol–water partition coefficient (Wildman–Crippen LogP) is 6.15. The van der Waals surface area contributed by atoms with Crippen LogP contribution in [-0.2, 0) is 6.42 Å². The van der Waals surface area contributed by atoms with Gasteiger partial charge in [-0.05, 0) is 60.9 Å². The number of methoxy groups -OCH3 is 1. The number of ether oxygens (including phenoxy) is 1. The molecule has 0 aliphatic carbocycles. The van der Waals surface area contributed by atoms with Crippen molar-refractivity contribution in [3.05, 3.63) is 101 Å². The largest absolute Gasteiger partial charge is 0.497 e. The van der Waals surface area contributed by atoms with E-state index in [0.717, 1.165) is 12.0 Å². The summed E-state index contributed by atoms with van der Waals surface area (Å²) in [7, 11) is 1.58. The van der Waals surface area contributed by atoms with Crippen molar-refractivity contribution in [2.75, 3.05) is 12.0 Å². The molecule has 5 rings (SSSR count). The lowest BCUT2D eigenvalue weighted by Crippen LogP contribution is -2.46. The van der Waals surface area contributed by atoms with E-state index in [1.54, 1.807) is 43.5 Å². The molecule has 0 bridgehead atoms. The van der Waals surface area contributed by atoms with Crippen LogP contribution in [0.5, 0.6) is 5.75 Å². The zero-order valence-corrected chi connectivity index (χ0v) is 20.2. The van der Waals surface area contributed by atoms with Crippen molar-refractivity contribution in [2.24, 2.45) is 0 Å². The van der Waals surface area contributed by atoms with Crippen molar-refractivity contribution in [1.29, 1.82) is 0 Å². The van der Waals surface area contributed by atoms with Crippen LogP contribution in [-0.4, -0.2) is 23.3 Å². The number of rotatable bonds is 6. The molecule has 4 aromatic rings. The second kappa shape index (κ2) is 9.65. The second-order valence-corrected chi connectivity index (χ2v) is 8.44. The van der Waals surface area contributed by atoms with Crippen LogP contribution in [0.4, 0.5) is 14.9 Å². The molecule has 3 aromatic carbocycles. The van der Waals surface area contributed by atoms with Gasteiger partial charge in [0, 0.05) is 11.3 Å². The molecule has 1 aliphatic heterocycles. The highest BCUT2D eigenvalue weighted by molar-refractivity contribution is 6.01. The third kappa shape index (κ3) is 4.33. The molecule has 1 unspecified atom stereocenters. The van der Waals surface area contributed by atoms with Gasteiger partial charge in [-0.2, -0.15) is 4.98 Å². The molecular formula is C28H25FN4O3. The fourth-order valence-corrected chi connectivity index (χ4v) is 4.34. The lowest BCUT2D eigenvalue weighted by Gasteiger charge is -2.35. The number of carbonyl (C=O) groups is 1. The Morgan fingerprint density at radius 3 is 2.50 bits per heavy atom. The molecule has 1 aromatic heterocycles. The average molecular weight is 485 g/mol. The first-order chi connectivity index (χ1) is 17.5. The summed E-state index contributed by atoms with van der Waals surface area (Å²) in [6.45, 7) is 3.90. The van der Waals surface area contributed by atoms with Gasteiger partial charge < -0.3 is 14.6 Å². The number of aromatic nitrogens is 2. The Labute approximate surface area is 208 Å². The van der Waals surface area contributed by atoms with Gasteiger partial charge in [0.05, 0.1) is 24.4 Å².